The Labute approximate surface area is 179 Å². The number of fused-ring (bicyclic) bond motifs is 1. The minimum atomic E-state index is -1.18. The first-order valence-electron chi connectivity index (χ1n) is 10.4. The molecule has 1 aromatic heterocycles. The summed E-state index contributed by atoms with van der Waals surface area (Å²) in [6, 6.07) is 12.5. The molecule has 0 spiro atoms. The molecule has 0 aliphatic carbocycles. The molecule has 3 saturated heterocycles. The maximum atomic E-state index is 12.9. The molecule has 2 aromatic rings. The maximum Gasteiger partial charge on any atom is 0.320 e. The molecule has 1 unspecified atom stereocenters. The van der Waals surface area contributed by atoms with Crippen molar-refractivity contribution in [2.45, 2.75) is 24.2 Å². The number of amides is 3. The average Bonchev–Trinajstić information content (AvgIpc) is 2.77. The molecule has 9 heteroatoms. The number of rotatable bonds is 3. The highest BCUT2D eigenvalue weighted by atomic mass is 16.5. The Hall–Kier alpha value is -3.17. The van der Waals surface area contributed by atoms with Crippen molar-refractivity contribution in [2.75, 3.05) is 32.8 Å². The fraction of sp³-hybridized carbons (Fsp3) is 0.409. The summed E-state index contributed by atoms with van der Waals surface area (Å²) in [5.41, 5.74) is -0.676. The molecule has 5 rings (SSSR count). The maximum absolute atomic E-state index is 12.9. The molecule has 162 valence electrons. The van der Waals surface area contributed by atoms with E-state index in [4.69, 9.17) is 9.47 Å². The Morgan fingerprint density at radius 2 is 1.97 bits per heavy atom. The van der Waals surface area contributed by atoms with Gasteiger partial charge in [-0.05, 0) is 30.7 Å². The van der Waals surface area contributed by atoms with Crippen LogP contribution < -0.4 is 10.1 Å². The third-order valence-corrected chi connectivity index (χ3v) is 5.96. The molecule has 0 bridgehead atoms. The van der Waals surface area contributed by atoms with Crippen molar-refractivity contribution in [3.05, 3.63) is 54.4 Å². The van der Waals surface area contributed by atoms with Gasteiger partial charge in [0.1, 0.15) is 23.7 Å². The van der Waals surface area contributed by atoms with Crippen molar-refractivity contribution in [3.8, 4) is 11.5 Å². The van der Waals surface area contributed by atoms with Crippen molar-refractivity contribution in [3.63, 3.8) is 0 Å². The number of hydrogen-bond acceptors (Lipinski definition) is 6. The SMILES string of the molecule is O=C1CO[C@H]2CCN(C(=O)N3CC(O)(c4ccc(Oc5ccccc5)cn4)C3)CC2N1. The number of urea groups is 1. The number of carbonyl (C=O) groups excluding carboxylic acids is 2. The number of benzene rings is 1. The van der Waals surface area contributed by atoms with Gasteiger partial charge in [0.25, 0.3) is 0 Å². The number of aliphatic hydroxyl groups is 1. The number of ether oxygens (including phenoxy) is 2. The van der Waals surface area contributed by atoms with Gasteiger partial charge in [-0.15, -0.1) is 0 Å². The van der Waals surface area contributed by atoms with Gasteiger partial charge in [-0.2, -0.15) is 0 Å². The molecule has 31 heavy (non-hydrogen) atoms. The predicted octanol–water partition coefficient (Wildman–Crippen LogP) is 1.09. The second-order valence-electron chi connectivity index (χ2n) is 8.22. The summed E-state index contributed by atoms with van der Waals surface area (Å²) < 4.78 is 11.3. The molecule has 0 radical (unpaired) electrons. The molecule has 3 amide bonds. The van der Waals surface area contributed by atoms with E-state index >= 15 is 0 Å². The normalized spacial score (nSPS) is 24.6. The summed E-state index contributed by atoms with van der Waals surface area (Å²) in [6.45, 7) is 1.40. The van der Waals surface area contributed by atoms with Crippen LogP contribution in [0.4, 0.5) is 4.79 Å². The summed E-state index contributed by atoms with van der Waals surface area (Å²) >= 11 is 0. The first kappa shape index (κ1) is 19.8. The van der Waals surface area contributed by atoms with E-state index in [2.05, 4.69) is 10.3 Å². The average molecular weight is 424 g/mol. The first-order chi connectivity index (χ1) is 15.0. The smallest absolute Gasteiger partial charge is 0.320 e. The van der Waals surface area contributed by atoms with Gasteiger partial charge in [0, 0.05) is 13.1 Å². The number of nitrogens with zero attached hydrogens (tertiary/aromatic N) is 3. The third-order valence-electron chi connectivity index (χ3n) is 5.96. The Morgan fingerprint density at radius 3 is 2.71 bits per heavy atom. The van der Waals surface area contributed by atoms with E-state index in [0.717, 1.165) is 0 Å². The van der Waals surface area contributed by atoms with E-state index in [1.54, 1.807) is 28.1 Å². The highest BCUT2D eigenvalue weighted by molar-refractivity contribution is 5.79. The second kappa shape index (κ2) is 7.82. The Bertz CT molecular complexity index is 962. The second-order valence-corrected chi connectivity index (χ2v) is 8.22. The minimum absolute atomic E-state index is 0.0455. The standard InChI is InChI=1S/C22H24N4O5/c27-20-12-30-18-8-9-25(11-17(18)24-20)21(28)26-13-22(29,14-26)19-7-6-16(10-23-19)31-15-4-2-1-3-5-15/h1-7,10,17-18,29H,8-9,11-14H2,(H,24,27)/t17?,18-/m0/s1. The van der Waals surface area contributed by atoms with Crippen molar-refractivity contribution in [2.24, 2.45) is 0 Å². The third kappa shape index (κ3) is 3.94. The summed E-state index contributed by atoms with van der Waals surface area (Å²) in [4.78, 5) is 32.1. The minimum Gasteiger partial charge on any atom is -0.456 e. The van der Waals surface area contributed by atoms with Crippen LogP contribution in [0.2, 0.25) is 0 Å². The quantitative estimate of drug-likeness (QED) is 0.764. The Kier molecular flexibility index (Phi) is 4.99. The number of nitrogens with one attached hydrogen (secondary N) is 1. The van der Waals surface area contributed by atoms with Crippen LogP contribution in [0.15, 0.2) is 48.7 Å². The van der Waals surface area contributed by atoms with Crippen LogP contribution in [0.25, 0.3) is 0 Å². The van der Waals surface area contributed by atoms with Crippen LogP contribution in [-0.2, 0) is 15.1 Å². The molecule has 3 aliphatic rings. The zero-order valence-corrected chi connectivity index (χ0v) is 16.9. The van der Waals surface area contributed by atoms with E-state index in [0.29, 0.717) is 36.7 Å². The van der Waals surface area contributed by atoms with Crippen molar-refractivity contribution < 1.29 is 24.2 Å². The highest BCUT2D eigenvalue weighted by Crippen LogP contribution is 2.33. The van der Waals surface area contributed by atoms with Gasteiger partial charge in [0.2, 0.25) is 5.91 Å². The largest absolute Gasteiger partial charge is 0.456 e. The number of likely N-dealkylation sites (tertiary alicyclic amines) is 2. The van der Waals surface area contributed by atoms with Gasteiger partial charge in [0.05, 0.1) is 37.1 Å². The van der Waals surface area contributed by atoms with Gasteiger partial charge >= 0.3 is 6.03 Å². The summed E-state index contributed by atoms with van der Waals surface area (Å²) in [5, 5.41) is 13.8. The fourth-order valence-corrected chi connectivity index (χ4v) is 4.30. The molecular formula is C22H24N4O5. The van der Waals surface area contributed by atoms with E-state index in [1.807, 2.05) is 30.3 Å². The van der Waals surface area contributed by atoms with Crippen LogP contribution in [0.1, 0.15) is 12.1 Å². The van der Waals surface area contributed by atoms with Gasteiger partial charge < -0.3 is 29.7 Å². The number of para-hydroxylation sites is 1. The Balaban J connectivity index is 1.17. The molecule has 0 saturated carbocycles. The molecule has 1 aromatic carbocycles. The van der Waals surface area contributed by atoms with Gasteiger partial charge in [-0.25, -0.2) is 4.79 Å². The van der Waals surface area contributed by atoms with E-state index < -0.39 is 5.60 Å². The van der Waals surface area contributed by atoms with Crippen LogP contribution in [-0.4, -0.2) is 76.8 Å². The van der Waals surface area contributed by atoms with Crippen molar-refractivity contribution >= 4 is 11.9 Å². The lowest BCUT2D eigenvalue weighted by molar-refractivity contribution is -0.140. The zero-order chi connectivity index (χ0) is 21.4. The number of pyridine rings is 1. The number of aromatic nitrogens is 1. The lowest BCUT2D eigenvalue weighted by Crippen LogP contribution is -2.67. The number of β-amino-alcohol motifs (C(OH)–C–C–N with tert-alkyl or cyclic N) is 1. The fourth-order valence-electron chi connectivity index (χ4n) is 4.30. The first-order valence-corrected chi connectivity index (χ1v) is 10.4. The van der Waals surface area contributed by atoms with Crippen molar-refractivity contribution in [1.29, 1.82) is 0 Å². The van der Waals surface area contributed by atoms with Crippen LogP contribution in [0, 0.1) is 0 Å². The van der Waals surface area contributed by atoms with Gasteiger partial charge in [-0.1, -0.05) is 18.2 Å². The van der Waals surface area contributed by atoms with Crippen LogP contribution in [0.3, 0.4) is 0 Å². The lowest BCUT2D eigenvalue weighted by atomic mass is 9.90. The molecular weight excluding hydrogens is 400 g/mol. The molecule has 2 atom stereocenters. The number of morpholine rings is 1. The van der Waals surface area contributed by atoms with Crippen LogP contribution >= 0.6 is 0 Å². The zero-order valence-electron chi connectivity index (χ0n) is 16.9. The monoisotopic (exact) mass is 424 g/mol. The topological polar surface area (TPSA) is 104 Å². The van der Waals surface area contributed by atoms with E-state index in [9.17, 15) is 14.7 Å². The van der Waals surface area contributed by atoms with Gasteiger partial charge in [-0.3, -0.25) is 9.78 Å². The molecule has 2 N–H and O–H groups in total. The Morgan fingerprint density at radius 1 is 1.16 bits per heavy atom. The van der Waals surface area contributed by atoms with Crippen LogP contribution in [0.5, 0.6) is 11.5 Å². The van der Waals surface area contributed by atoms with Crippen molar-refractivity contribution in [1.82, 2.24) is 20.1 Å². The molecule has 4 heterocycles. The lowest BCUT2D eigenvalue weighted by Gasteiger charge is -2.49. The van der Waals surface area contributed by atoms with E-state index in [1.165, 1.54) is 0 Å². The van der Waals surface area contributed by atoms with Gasteiger partial charge in [0.15, 0.2) is 0 Å². The highest BCUT2D eigenvalue weighted by Gasteiger charge is 2.48. The summed E-state index contributed by atoms with van der Waals surface area (Å²) in [6.07, 6.45) is 2.21. The number of hydrogen-bond donors (Lipinski definition) is 2. The molecule has 3 fully saturated rings. The number of piperidine rings is 1. The summed E-state index contributed by atoms with van der Waals surface area (Å²) in [5.74, 6) is 1.13. The molecule has 3 aliphatic heterocycles. The number of carbonyl (C=O) groups is 2. The molecule has 9 nitrogen and oxygen atoms in total. The predicted molar refractivity (Wildman–Crippen MR) is 109 cm³/mol. The summed E-state index contributed by atoms with van der Waals surface area (Å²) in [7, 11) is 0. The van der Waals surface area contributed by atoms with E-state index in [-0.39, 0.29) is 43.8 Å².